The summed E-state index contributed by atoms with van der Waals surface area (Å²) in [6.07, 6.45) is 0.0888. The first-order valence-corrected chi connectivity index (χ1v) is 5.47. The molecule has 0 aromatic heterocycles. The average Bonchev–Trinajstić information content (AvgIpc) is 2.64. The molecule has 7 heteroatoms. The van der Waals surface area contributed by atoms with Gasteiger partial charge in [0.25, 0.3) is 0 Å². The number of likely N-dealkylation sites (tertiary alicyclic amines) is 1. The van der Waals surface area contributed by atoms with E-state index in [4.69, 9.17) is 10.2 Å². The molecule has 2 aliphatic rings. The number of carboxylic acids is 1. The van der Waals surface area contributed by atoms with E-state index in [1.165, 1.54) is 0 Å². The summed E-state index contributed by atoms with van der Waals surface area (Å²) in [5.74, 6) is -1.42. The number of aliphatic carboxylic acids is 1. The summed E-state index contributed by atoms with van der Waals surface area (Å²) in [5, 5.41) is 20.6. The molecule has 0 radical (unpaired) electrons. The van der Waals surface area contributed by atoms with Crippen molar-refractivity contribution in [3.05, 3.63) is 0 Å². The zero-order valence-corrected chi connectivity index (χ0v) is 9.18. The third kappa shape index (κ3) is 1.81. The summed E-state index contributed by atoms with van der Waals surface area (Å²) in [4.78, 5) is 34.7. The van der Waals surface area contributed by atoms with E-state index in [-0.39, 0.29) is 18.9 Å². The molecule has 2 saturated heterocycles. The minimum Gasteiger partial charge on any atom is -0.480 e. The van der Waals surface area contributed by atoms with Crippen molar-refractivity contribution >= 4 is 18.0 Å². The summed E-state index contributed by atoms with van der Waals surface area (Å²) in [5.41, 5.74) is -0.848. The van der Waals surface area contributed by atoms with Crippen LogP contribution < -0.4 is 5.32 Å². The largest absolute Gasteiger partial charge is 0.480 e. The Hall–Kier alpha value is -1.79. The topological polar surface area (TPSA) is 107 Å². The Bertz CT molecular complexity index is 359. The standard InChI is InChI=1S/C10H14N2O5/c13-7(14)6-4-10(5-12(6)9(16)17)2-1-3-11-8(10)15/h6H,1-5H2,(H,11,15)(H,13,14)(H,16,17)/t6-,10-/m0/s1. The van der Waals surface area contributed by atoms with Gasteiger partial charge in [-0.2, -0.15) is 0 Å². The van der Waals surface area contributed by atoms with Crippen molar-refractivity contribution in [1.82, 2.24) is 10.2 Å². The zero-order valence-electron chi connectivity index (χ0n) is 9.18. The highest BCUT2D eigenvalue weighted by atomic mass is 16.4. The molecular weight excluding hydrogens is 228 g/mol. The van der Waals surface area contributed by atoms with Crippen LogP contribution in [-0.2, 0) is 9.59 Å². The predicted molar refractivity (Wildman–Crippen MR) is 55.4 cm³/mol. The maximum Gasteiger partial charge on any atom is 0.408 e. The first-order chi connectivity index (χ1) is 7.96. The minimum absolute atomic E-state index is 0.0227. The van der Waals surface area contributed by atoms with E-state index in [2.05, 4.69) is 5.32 Å². The summed E-state index contributed by atoms with van der Waals surface area (Å²) in [7, 11) is 0. The Balaban J connectivity index is 2.26. The lowest BCUT2D eigenvalue weighted by atomic mass is 9.78. The number of piperidine rings is 1. The smallest absolute Gasteiger partial charge is 0.408 e. The predicted octanol–water partition coefficient (Wildman–Crippen LogP) is -0.280. The summed E-state index contributed by atoms with van der Waals surface area (Å²) in [6, 6.07) is -1.11. The first kappa shape index (κ1) is 11.7. The second kappa shape index (κ2) is 3.90. The zero-order chi connectivity index (χ0) is 12.6. The van der Waals surface area contributed by atoms with Crippen LogP contribution in [0.4, 0.5) is 4.79 Å². The molecule has 0 bridgehead atoms. The number of amides is 2. The van der Waals surface area contributed by atoms with Crippen LogP contribution in [0.5, 0.6) is 0 Å². The Kier molecular flexibility index (Phi) is 2.68. The number of hydrogen-bond acceptors (Lipinski definition) is 3. The van der Waals surface area contributed by atoms with Crippen molar-refractivity contribution in [2.24, 2.45) is 5.41 Å². The van der Waals surface area contributed by atoms with Gasteiger partial charge >= 0.3 is 12.1 Å². The van der Waals surface area contributed by atoms with E-state index in [9.17, 15) is 14.4 Å². The number of carbonyl (C=O) groups excluding carboxylic acids is 1. The maximum atomic E-state index is 11.8. The van der Waals surface area contributed by atoms with Gasteiger partial charge in [0.1, 0.15) is 6.04 Å². The van der Waals surface area contributed by atoms with Crippen molar-refractivity contribution in [2.45, 2.75) is 25.3 Å². The Morgan fingerprint density at radius 1 is 1.41 bits per heavy atom. The molecule has 2 rings (SSSR count). The molecule has 0 aromatic rings. The molecule has 2 amide bonds. The van der Waals surface area contributed by atoms with Gasteiger partial charge in [-0.25, -0.2) is 9.59 Å². The highest BCUT2D eigenvalue weighted by molar-refractivity contribution is 5.88. The second-order valence-corrected chi connectivity index (χ2v) is 4.61. The summed E-state index contributed by atoms with van der Waals surface area (Å²) < 4.78 is 0. The molecule has 0 aromatic carbocycles. The SMILES string of the molecule is O=C(O)[C@@H]1C[C@@]2(CCCNC2=O)CN1C(=O)O. The molecule has 2 atom stereocenters. The average molecular weight is 242 g/mol. The van der Waals surface area contributed by atoms with E-state index in [1.807, 2.05) is 0 Å². The number of nitrogens with one attached hydrogen (secondary N) is 1. The molecule has 2 aliphatic heterocycles. The van der Waals surface area contributed by atoms with Crippen molar-refractivity contribution in [3.8, 4) is 0 Å². The van der Waals surface area contributed by atoms with Gasteiger partial charge in [0.2, 0.25) is 5.91 Å². The Labute approximate surface area is 97.4 Å². The Morgan fingerprint density at radius 3 is 2.59 bits per heavy atom. The van der Waals surface area contributed by atoms with Gasteiger partial charge in [0.05, 0.1) is 5.41 Å². The number of hydrogen-bond donors (Lipinski definition) is 3. The summed E-state index contributed by atoms with van der Waals surface area (Å²) in [6.45, 7) is 0.552. The quantitative estimate of drug-likeness (QED) is 0.586. The molecule has 7 nitrogen and oxygen atoms in total. The lowest BCUT2D eigenvalue weighted by Gasteiger charge is -2.31. The number of carbonyl (C=O) groups is 3. The molecule has 1 spiro atoms. The molecule has 0 aliphatic carbocycles. The van der Waals surface area contributed by atoms with Gasteiger partial charge in [-0.1, -0.05) is 0 Å². The molecule has 94 valence electrons. The minimum atomic E-state index is -1.28. The highest BCUT2D eigenvalue weighted by Gasteiger charge is 2.53. The third-order valence-electron chi connectivity index (χ3n) is 3.56. The van der Waals surface area contributed by atoms with E-state index < -0.39 is 23.5 Å². The molecule has 0 saturated carbocycles. The third-order valence-corrected chi connectivity index (χ3v) is 3.56. The fourth-order valence-corrected chi connectivity index (χ4v) is 2.68. The number of rotatable bonds is 1. The van der Waals surface area contributed by atoms with Crippen molar-refractivity contribution in [2.75, 3.05) is 13.1 Å². The lowest BCUT2D eigenvalue weighted by molar-refractivity contribution is -0.141. The summed E-state index contributed by atoms with van der Waals surface area (Å²) >= 11 is 0. The molecule has 3 N–H and O–H groups in total. The van der Waals surface area contributed by atoms with Crippen LogP contribution in [0.25, 0.3) is 0 Å². The van der Waals surface area contributed by atoms with Crippen LogP contribution in [0.15, 0.2) is 0 Å². The van der Waals surface area contributed by atoms with E-state index in [0.717, 1.165) is 11.3 Å². The Morgan fingerprint density at radius 2 is 2.12 bits per heavy atom. The fraction of sp³-hybridized carbons (Fsp3) is 0.700. The van der Waals surface area contributed by atoms with Crippen LogP contribution in [0.3, 0.4) is 0 Å². The van der Waals surface area contributed by atoms with Gasteiger partial charge in [-0.3, -0.25) is 9.69 Å². The fourth-order valence-electron chi connectivity index (χ4n) is 2.68. The van der Waals surface area contributed by atoms with E-state index in [0.29, 0.717) is 13.0 Å². The number of carboxylic acid groups (broad SMARTS) is 2. The lowest BCUT2D eigenvalue weighted by Crippen LogP contribution is -2.47. The van der Waals surface area contributed by atoms with Crippen LogP contribution >= 0.6 is 0 Å². The molecule has 17 heavy (non-hydrogen) atoms. The maximum absolute atomic E-state index is 11.8. The van der Waals surface area contributed by atoms with Crippen LogP contribution in [-0.4, -0.2) is 52.2 Å². The number of nitrogens with zero attached hydrogens (tertiary/aromatic N) is 1. The van der Waals surface area contributed by atoms with Gasteiger partial charge in [-0.05, 0) is 19.3 Å². The van der Waals surface area contributed by atoms with Crippen molar-refractivity contribution in [1.29, 1.82) is 0 Å². The van der Waals surface area contributed by atoms with E-state index in [1.54, 1.807) is 0 Å². The normalized spacial score (nSPS) is 32.6. The first-order valence-electron chi connectivity index (χ1n) is 5.47. The molecule has 2 heterocycles. The van der Waals surface area contributed by atoms with E-state index >= 15 is 0 Å². The van der Waals surface area contributed by atoms with Crippen LogP contribution in [0.1, 0.15) is 19.3 Å². The van der Waals surface area contributed by atoms with Crippen molar-refractivity contribution in [3.63, 3.8) is 0 Å². The molecule has 0 unspecified atom stereocenters. The molecular formula is C10H14N2O5. The van der Waals surface area contributed by atoms with Gasteiger partial charge < -0.3 is 15.5 Å². The van der Waals surface area contributed by atoms with Gasteiger partial charge in [-0.15, -0.1) is 0 Å². The second-order valence-electron chi connectivity index (χ2n) is 4.61. The van der Waals surface area contributed by atoms with Crippen molar-refractivity contribution < 1.29 is 24.6 Å². The van der Waals surface area contributed by atoms with Gasteiger partial charge in [0, 0.05) is 13.1 Å². The highest BCUT2D eigenvalue weighted by Crippen LogP contribution is 2.40. The van der Waals surface area contributed by atoms with Gasteiger partial charge in [0.15, 0.2) is 0 Å². The van der Waals surface area contributed by atoms with Crippen LogP contribution in [0.2, 0.25) is 0 Å². The monoisotopic (exact) mass is 242 g/mol. The van der Waals surface area contributed by atoms with Crippen LogP contribution in [0, 0.1) is 5.41 Å². The molecule has 2 fully saturated rings.